The van der Waals surface area contributed by atoms with Gasteiger partial charge in [0.15, 0.2) is 0 Å². The van der Waals surface area contributed by atoms with Gasteiger partial charge in [-0.05, 0) is 6.07 Å². The molecule has 100 valence electrons. The van der Waals surface area contributed by atoms with Gasteiger partial charge in [0.05, 0.1) is 9.95 Å². The van der Waals surface area contributed by atoms with E-state index in [-0.39, 0.29) is 0 Å². The Morgan fingerprint density at radius 1 is 1.33 bits per heavy atom. The molecule has 0 bridgehead atoms. The number of hydrogen-bond acceptors (Lipinski definition) is 3. The van der Waals surface area contributed by atoms with Crippen molar-refractivity contribution in [1.29, 1.82) is 0 Å². The lowest BCUT2D eigenvalue weighted by molar-refractivity contribution is -0.384. The van der Waals surface area contributed by atoms with E-state index in [1.54, 1.807) is 0 Å². The summed E-state index contributed by atoms with van der Waals surface area (Å²) in [4.78, 5) is 4.91. The Bertz CT molecular complexity index is 480. The fourth-order valence-electron chi connectivity index (χ4n) is 0.882. The third-order valence-corrected chi connectivity index (χ3v) is 2.45. The maximum atomic E-state index is 12.8. The van der Waals surface area contributed by atoms with Crippen molar-refractivity contribution in [2.24, 2.45) is 0 Å². The number of alkyl halides is 5. The van der Waals surface area contributed by atoms with Gasteiger partial charge in [-0.25, -0.2) is 0 Å². The number of nitrogens with zero attached hydrogens (tertiary/aromatic N) is 1. The van der Waals surface area contributed by atoms with E-state index >= 15 is 0 Å². The van der Waals surface area contributed by atoms with Crippen molar-refractivity contribution in [2.75, 3.05) is 0 Å². The van der Waals surface area contributed by atoms with Crippen LogP contribution in [0.25, 0.3) is 0 Å². The number of nitro groups is 1. The van der Waals surface area contributed by atoms with Crippen LogP contribution in [-0.2, 0) is 0 Å². The number of hydrogen-bond donors (Lipinski definition) is 0. The molecule has 10 heteroatoms. The summed E-state index contributed by atoms with van der Waals surface area (Å²) in [5, 5.41) is 9.76. The minimum atomic E-state index is -4.85. The Kier molecular flexibility index (Phi) is 4.06. The van der Waals surface area contributed by atoms with Crippen LogP contribution < -0.4 is 4.74 Å². The fraction of sp³-hybridized carbons (Fsp3) is 0.250. The first-order valence-electron chi connectivity index (χ1n) is 4.12. The number of non-ortho nitro benzene ring substituents is 1. The van der Waals surface area contributed by atoms with Crippen molar-refractivity contribution in [3.8, 4) is 5.75 Å². The summed E-state index contributed by atoms with van der Waals surface area (Å²) < 4.78 is 54.3. The zero-order chi connectivity index (χ0) is 14.1. The van der Waals surface area contributed by atoms with Crippen LogP contribution in [0.4, 0.5) is 23.2 Å². The average Bonchev–Trinajstić information content (AvgIpc) is 2.18. The number of rotatable bonds is 4. The Labute approximate surface area is 111 Å². The first-order valence-corrected chi connectivity index (χ1v) is 5.29. The molecule has 4 nitrogen and oxygen atoms in total. The lowest BCUT2D eigenvalue weighted by Gasteiger charge is -2.22. The first kappa shape index (κ1) is 15.0. The van der Waals surface area contributed by atoms with Gasteiger partial charge in [-0.15, -0.1) is 0 Å². The van der Waals surface area contributed by atoms with Gasteiger partial charge in [-0.1, -0.05) is 11.6 Å². The van der Waals surface area contributed by atoms with Crippen molar-refractivity contribution in [1.82, 2.24) is 0 Å². The molecule has 0 unspecified atom stereocenters. The molecule has 1 rings (SSSR count). The topological polar surface area (TPSA) is 52.4 Å². The quantitative estimate of drug-likeness (QED) is 0.353. The molecule has 0 spiro atoms. The molecule has 18 heavy (non-hydrogen) atoms. The van der Waals surface area contributed by atoms with Gasteiger partial charge in [0, 0.05) is 28.1 Å². The van der Waals surface area contributed by atoms with Crippen LogP contribution in [0.2, 0.25) is 5.02 Å². The van der Waals surface area contributed by atoms with Gasteiger partial charge in [-0.2, -0.15) is 17.6 Å². The van der Waals surface area contributed by atoms with Crippen LogP contribution in [0.3, 0.4) is 0 Å². The molecular weight excluding hydrogens is 349 g/mol. The number of halogens is 6. The smallest absolute Gasteiger partial charge is 0.426 e. The molecule has 0 fully saturated rings. The van der Waals surface area contributed by atoms with E-state index < -0.39 is 32.3 Å². The summed E-state index contributed by atoms with van der Waals surface area (Å²) in [7, 11) is 0. The molecular formula is C8H3BrClF4NO3. The van der Waals surface area contributed by atoms with E-state index in [0.717, 1.165) is 6.07 Å². The highest BCUT2D eigenvalue weighted by Crippen LogP contribution is 2.42. The molecule has 1 aromatic rings. The van der Waals surface area contributed by atoms with Crippen molar-refractivity contribution in [3.63, 3.8) is 0 Å². The summed E-state index contributed by atoms with van der Waals surface area (Å²) in [6, 6.07) is 2.20. The van der Waals surface area contributed by atoms with Gasteiger partial charge in [0.1, 0.15) is 5.75 Å². The lowest BCUT2D eigenvalue weighted by atomic mass is 10.3. The predicted molar refractivity (Wildman–Crippen MR) is 57.6 cm³/mol. The first-order chi connectivity index (χ1) is 8.04. The second-order valence-corrected chi connectivity index (χ2v) is 4.39. The summed E-state index contributed by atoms with van der Waals surface area (Å²) in [5.74, 6) is -0.800. The minimum absolute atomic E-state index is 0.485. The van der Waals surface area contributed by atoms with E-state index in [1.165, 1.54) is 15.9 Å². The Balaban J connectivity index is 3.03. The molecule has 0 heterocycles. The highest BCUT2D eigenvalue weighted by molar-refractivity contribution is 9.10. The molecule has 0 saturated heterocycles. The van der Waals surface area contributed by atoms with E-state index in [1.807, 2.05) is 0 Å². The monoisotopic (exact) mass is 351 g/mol. The molecule has 0 aliphatic heterocycles. The van der Waals surface area contributed by atoms with E-state index in [2.05, 4.69) is 4.74 Å². The molecule has 1 aromatic carbocycles. The Hall–Kier alpha value is -1.09. The molecule has 0 N–H and O–H groups in total. The van der Waals surface area contributed by atoms with Crippen LogP contribution in [0.15, 0.2) is 18.2 Å². The van der Waals surface area contributed by atoms with Crippen LogP contribution in [0.1, 0.15) is 0 Å². The van der Waals surface area contributed by atoms with Crippen molar-refractivity contribution in [2.45, 2.75) is 10.9 Å². The second-order valence-electron chi connectivity index (χ2n) is 2.99. The zero-order valence-corrected chi connectivity index (χ0v) is 10.5. The number of nitro benzene ring substituents is 1. The maximum Gasteiger partial charge on any atom is 0.475 e. The zero-order valence-electron chi connectivity index (χ0n) is 8.17. The van der Waals surface area contributed by atoms with Crippen molar-refractivity contribution < 1.29 is 27.2 Å². The summed E-state index contributed by atoms with van der Waals surface area (Å²) in [5.41, 5.74) is -0.485. The highest BCUT2D eigenvalue weighted by atomic mass is 79.9. The highest BCUT2D eigenvalue weighted by Gasteiger charge is 2.58. The van der Waals surface area contributed by atoms with Crippen molar-refractivity contribution in [3.05, 3.63) is 33.3 Å². The third-order valence-electron chi connectivity index (χ3n) is 1.69. The van der Waals surface area contributed by atoms with Crippen LogP contribution in [0, 0.1) is 10.1 Å². The SMILES string of the molecule is O=[N+]([O-])c1ccc(OC(F)(F)C(F)(F)Br)c(Cl)c1. The van der Waals surface area contributed by atoms with E-state index in [9.17, 15) is 27.7 Å². The standard InChI is InChI=1S/C8H3BrClF4NO3/c9-7(11,12)8(13,14)18-6-2-1-4(15(16)17)3-5(6)10/h1-3H. The van der Waals surface area contributed by atoms with Crippen molar-refractivity contribution >= 4 is 33.2 Å². The van der Waals surface area contributed by atoms with Gasteiger partial charge in [0.25, 0.3) is 5.69 Å². The van der Waals surface area contributed by atoms with E-state index in [4.69, 9.17) is 11.6 Å². The summed E-state index contributed by atoms with van der Waals surface area (Å²) >= 11 is 6.87. The second kappa shape index (κ2) is 4.88. The largest absolute Gasteiger partial charge is 0.475 e. The summed E-state index contributed by atoms with van der Waals surface area (Å²) in [6.45, 7) is 0. The van der Waals surface area contributed by atoms with Gasteiger partial charge in [0.2, 0.25) is 0 Å². The maximum absolute atomic E-state index is 12.8. The number of ether oxygens (including phenoxy) is 1. The van der Waals surface area contributed by atoms with E-state index in [0.29, 0.717) is 12.1 Å². The molecule has 0 amide bonds. The predicted octanol–water partition coefficient (Wildman–Crippen LogP) is 4.21. The van der Waals surface area contributed by atoms with Crippen LogP contribution in [0.5, 0.6) is 5.75 Å². The third kappa shape index (κ3) is 3.22. The Morgan fingerprint density at radius 2 is 1.89 bits per heavy atom. The van der Waals surface area contributed by atoms with Crippen LogP contribution in [-0.4, -0.2) is 15.9 Å². The lowest BCUT2D eigenvalue weighted by Crippen LogP contribution is -2.40. The van der Waals surface area contributed by atoms with Gasteiger partial charge < -0.3 is 4.74 Å². The van der Waals surface area contributed by atoms with Gasteiger partial charge in [-0.3, -0.25) is 10.1 Å². The molecule has 0 aliphatic carbocycles. The fourth-order valence-corrected chi connectivity index (χ4v) is 1.18. The normalized spacial score (nSPS) is 12.3. The Morgan fingerprint density at radius 3 is 2.28 bits per heavy atom. The van der Waals surface area contributed by atoms with Crippen LogP contribution >= 0.6 is 27.5 Å². The molecule has 0 aliphatic rings. The molecule has 0 radical (unpaired) electrons. The minimum Gasteiger partial charge on any atom is -0.426 e. The summed E-state index contributed by atoms with van der Waals surface area (Å²) in [6.07, 6.45) is -4.85. The number of benzene rings is 1. The molecule has 0 saturated carbocycles. The molecule has 0 aromatic heterocycles. The van der Waals surface area contributed by atoms with Gasteiger partial charge >= 0.3 is 10.9 Å². The average molecular weight is 352 g/mol. The molecule has 0 atom stereocenters.